The number of halogens is 1. The quantitative estimate of drug-likeness (QED) is 0.0752. The highest BCUT2D eigenvalue weighted by Gasteiger charge is 2.44. The number of likely N-dealkylation sites (tertiary alicyclic amines) is 1. The Balaban J connectivity index is 1.25. The van der Waals surface area contributed by atoms with Gasteiger partial charge in [0.15, 0.2) is 0 Å². The molecule has 1 aliphatic carbocycles. The summed E-state index contributed by atoms with van der Waals surface area (Å²) in [6.45, 7) is 5.72. The van der Waals surface area contributed by atoms with Gasteiger partial charge in [0.1, 0.15) is 17.8 Å². The highest BCUT2D eigenvalue weighted by Crippen LogP contribution is 2.36. The molecule has 1 saturated heterocycles. The highest BCUT2D eigenvalue weighted by atomic mass is 79.9. The van der Waals surface area contributed by atoms with E-state index in [2.05, 4.69) is 42.5 Å². The smallest absolute Gasteiger partial charge is 0.258 e. The van der Waals surface area contributed by atoms with Gasteiger partial charge in [-0.05, 0) is 118 Å². The third-order valence-electron chi connectivity index (χ3n) is 12.3. The Kier molecular flexibility index (Phi) is 17.5. The van der Waals surface area contributed by atoms with Crippen molar-refractivity contribution in [2.24, 2.45) is 5.92 Å². The largest absolute Gasteiger partial charge is 0.496 e. The number of nitrogens with zero attached hydrogens (tertiary/aromatic N) is 3. The first-order valence-electron chi connectivity index (χ1n) is 22.8. The van der Waals surface area contributed by atoms with Crippen LogP contribution in [0.15, 0.2) is 83.3 Å². The van der Waals surface area contributed by atoms with Crippen molar-refractivity contribution in [2.75, 3.05) is 43.6 Å². The number of methoxy groups -OCH3 is 1. The van der Waals surface area contributed by atoms with Crippen LogP contribution in [-0.4, -0.2) is 111 Å². The van der Waals surface area contributed by atoms with Crippen LogP contribution >= 0.6 is 15.9 Å². The number of anilines is 2. The van der Waals surface area contributed by atoms with E-state index >= 15 is 0 Å². The van der Waals surface area contributed by atoms with Crippen molar-refractivity contribution in [3.05, 3.63) is 100 Å². The van der Waals surface area contributed by atoms with E-state index in [-0.39, 0.29) is 73.4 Å². The molecule has 356 valence electrons. The second kappa shape index (κ2) is 23.4. The summed E-state index contributed by atoms with van der Waals surface area (Å²) in [5.74, 6) is -1.32. The summed E-state index contributed by atoms with van der Waals surface area (Å²) in [7, 11) is 3.23. The number of likely N-dealkylation sites (N-methyl/N-ethyl adjacent to an activating group) is 1. The van der Waals surface area contributed by atoms with Crippen LogP contribution in [0.2, 0.25) is 0 Å². The molecule has 0 aromatic heterocycles. The van der Waals surface area contributed by atoms with E-state index in [0.717, 1.165) is 52.9 Å². The van der Waals surface area contributed by atoms with Gasteiger partial charge >= 0.3 is 0 Å². The van der Waals surface area contributed by atoms with Gasteiger partial charge in [0, 0.05) is 52.4 Å². The summed E-state index contributed by atoms with van der Waals surface area (Å²) < 4.78 is 6.65. The molecule has 0 bridgehead atoms. The lowest BCUT2D eigenvalue weighted by Crippen LogP contribution is -2.55. The molecule has 1 saturated carbocycles. The van der Waals surface area contributed by atoms with Crippen molar-refractivity contribution in [3.63, 3.8) is 0 Å². The monoisotopic (exact) mass is 980 g/mol. The minimum Gasteiger partial charge on any atom is -0.496 e. The summed E-state index contributed by atoms with van der Waals surface area (Å²) in [4.78, 5) is 98.1. The second-order valence-electron chi connectivity index (χ2n) is 17.6. The molecule has 2 fully saturated rings. The van der Waals surface area contributed by atoms with Gasteiger partial charge < -0.3 is 46.0 Å². The van der Waals surface area contributed by atoms with E-state index in [1.807, 2.05) is 44.2 Å². The van der Waals surface area contributed by atoms with Gasteiger partial charge in [0.25, 0.3) is 11.8 Å². The summed E-state index contributed by atoms with van der Waals surface area (Å²) in [5.41, 5.74) is 2.08. The minimum absolute atomic E-state index is 0.0261. The number of carbonyl (C=O) groups excluding carboxylic acids is 7. The molecule has 7 amide bonds. The highest BCUT2D eigenvalue weighted by molar-refractivity contribution is 9.10. The summed E-state index contributed by atoms with van der Waals surface area (Å²) in [6, 6.07) is 19.9. The number of hydrogen-bond acceptors (Lipinski definition) is 9. The lowest BCUT2D eigenvalue weighted by atomic mass is 9.83. The first-order chi connectivity index (χ1) is 32.3. The first-order valence-corrected chi connectivity index (χ1v) is 23.6. The number of fused-ring (bicyclic) bond motifs is 1. The molecule has 67 heavy (non-hydrogen) atoms. The zero-order valence-corrected chi connectivity index (χ0v) is 40.3. The minimum atomic E-state index is -0.856. The van der Waals surface area contributed by atoms with E-state index in [9.17, 15) is 33.6 Å². The standard InChI is InChI=1S/C50H61BrN8O8/c1-31(2)54-48(64)43-24-38(27-59(43)50(66)46(53-29-60)33-11-7-6-8-12-33)56-47(63)34-15-17-35(18-16-34)49(65)58(26-32(3)55-45(62)25-52-4)42-14-10-9-13-41(42)57(30-61)28-40-39-21-20-37(51)23-36(39)19-22-44(40)67-5/h9-10,13-23,29-33,38,43,46,52H,6-8,11-12,24-28H2,1-5H3,(H,53,60)(H,54,64)(H,55,62)(H,56,63). The fraction of sp³-hybridized carbons (Fsp3) is 0.420. The lowest BCUT2D eigenvalue weighted by Gasteiger charge is -2.34. The number of para-hydroxylation sites is 2. The van der Waals surface area contributed by atoms with E-state index < -0.39 is 36.0 Å². The lowest BCUT2D eigenvalue weighted by molar-refractivity contribution is -0.142. The van der Waals surface area contributed by atoms with Gasteiger partial charge in [0.2, 0.25) is 30.5 Å². The first kappa shape index (κ1) is 50.1. The van der Waals surface area contributed by atoms with Gasteiger partial charge in [0.05, 0.1) is 31.6 Å². The van der Waals surface area contributed by atoms with Crippen LogP contribution in [0.4, 0.5) is 11.4 Å². The summed E-state index contributed by atoms with van der Waals surface area (Å²) in [6.07, 6.45) is 5.97. The fourth-order valence-corrected chi connectivity index (χ4v) is 9.59. The van der Waals surface area contributed by atoms with Gasteiger partial charge in [-0.25, -0.2) is 0 Å². The molecule has 4 atom stereocenters. The predicted octanol–water partition coefficient (Wildman–Crippen LogP) is 5.06. The van der Waals surface area contributed by atoms with Crippen molar-refractivity contribution in [1.29, 1.82) is 0 Å². The molecule has 2 aliphatic rings. The van der Waals surface area contributed by atoms with E-state index in [1.165, 1.54) is 39.0 Å². The molecule has 4 unspecified atom stereocenters. The number of nitrogens with one attached hydrogen (secondary N) is 5. The number of ether oxygens (including phenoxy) is 1. The van der Waals surface area contributed by atoms with E-state index in [4.69, 9.17) is 4.74 Å². The van der Waals surface area contributed by atoms with Crippen LogP contribution in [0.3, 0.4) is 0 Å². The third-order valence-corrected chi connectivity index (χ3v) is 12.8. The van der Waals surface area contributed by atoms with Crippen LogP contribution in [0, 0.1) is 5.92 Å². The molecular formula is C50H61BrN8O8. The fourth-order valence-electron chi connectivity index (χ4n) is 9.21. The maximum absolute atomic E-state index is 14.7. The number of benzene rings is 4. The molecule has 0 radical (unpaired) electrons. The van der Waals surface area contributed by atoms with E-state index in [1.54, 1.807) is 45.3 Å². The number of hydrogen-bond donors (Lipinski definition) is 5. The molecule has 4 aromatic rings. The van der Waals surface area contributed by atoms with Crippen molar-refractivity contribution >= 4 is 80.4 Å². The van der Waals surface area contributed by atoms with Crippen LogP contribution in [0.5, 0.6) is 5.75 Å². The molecule has 1 heterocycles. The van der Waals surface area contributed by atoms with Crippen molar-refractivity contribution < 1.29 is 38.3 Å². The Morgan fingerprint density at radius 1 is 0.881 bits per heavy atom. The molecular weight excluding hydrogens is 921 g/mol. The number of amides is 7. The van der Waals surface area contributed by atoms with Crippen molar-refractivity contribution in [2.45, 2.75) is 96.1 Å². The van der Waals surface area contributed by atoms with Gasteiger partial charge in [-0.2, -0.15) is 0 Å². The maximum Gasteiger partial charge on any atom is 0.258 e. The zero-order valence-electron chi connectivity index (χ0n) is 38.7. The van der Waals surface area contributed by atoms with Crippen LogP contribution in [-0.2, 0) is 30.5 Å². The SMILES string of the molecule is CNCC(=O)NC(C)CN(C(=O)c1ccc(C(=O)NC2CC(C(=O)NC(C)C)N(C(=O)C(NC=O)C3CCCCC3)C2)cc1)c1ccccc1N(C=O)Cc1c(OC)ccc2cc(Br)ccc12. The normalized spacial score (nSPS) is 17.0. The van der Waals surface area contributed by atoms with Crippen molar-refractivity contribution in [3.8, 4) is 5.75 Å². The maximum atomic E-state index is 14.7. The van der Waals surface area contributed by atoms with Gasteiger partial charge in [-0.1, -0.05) is 59.5 Å². The average molecular weight is 982 g/mol. The molecule has 6 rings (SSSR count). The Bertz CT molecular complexity index is 2430. The Hall–Kier alpha value is -6.33. The molecule has 4 aromatic carbocycles. The summed E-state index contributed by atoms with van der Waals surface area (Å²) in [5, 5.41) is 16.2. The van der Waals surface area contributed by atoms with Crippen molar-refractivity contribution in [1.82, 2.24) is 31.5 Å². The Labute approximate surface area is 400 Å². The zero-order chi connectivity index (χ0) is 48.2. The Morgan fingerprint density at radius 3 is 2.24 bits per heavy atom. The van der Waals surface area contributed by atoms with Crippen LogP contribution in [0.1, 0.15) is 85.6 Å². The summed E-state index contributed by atoms with van der Waals surface area (Å²) >= 11 is 3.54. The predicted molar refractivity (Wildman–Crippen MR) is 261 cm³/mol. The molecule has 17 heteroatoms. The third kappa shape index (κ3) is 12.4. The Morgan fingerprint density at radius 2 is 1.58 bits per heavy atom. The van der Waals surface area contributed by atoms with Crippen LogP contribution in [0.25, 0.3) is 10.8 Å². The molecule has 1 aliphatic heterocycles. The average Bonchev–Trinajstić information content (AvgIpc) is 3.75. The number of carbonyl (C=O) groups is 7. The molecule has 5 N–H and O–H groups in total. The number of rotatable bonds is 20. The van der Waals surface area contributed by atoms with Gasteiger partial charge in [-0.3, -0.25) is 33.6 Å². The van der Waals surface area contributed by atoms with Gasteiger partial charge in [-0.15, -0.1) is 0 Å². The molecule has 0 spiro atoms. The second-order valence-corrected chi connectivity index (χ2v) is 18.5. The van der Waals surface area contributed by atoms with Crippen LogP contribution < -0.4 is 41.1 Å². The van der Waals surface area contributed by atoms with E-state index in [0.29, 0.717) is 29.9 Å². The topological polar surface area (TPSA) is 199 Å². The molecule has 16 nitrogen and oxygen atoms in total.